The Kier molecular flexibility index (Phi) is 5.30. The first kappa shape index (κ1) is 13.5. The van der Waals surface area contributed by atoms with Crippen LogP contribution in [0.1, 0.15) is 72.1 Å². The molecule has 1 amide bonds. The van der Waals surface area contributed by atoms with Crippen molar-refractivity contribution in [1.82, 2.24) is 4.90 Å². The highest BCUT2D eigenvalue weighted by atomic mass is 16.2. The van der Waals surface area contributed by atoms with Crippen LogP contribution in [-0.2, 0) is 4.79 Å². The molecule has 0 bridgehead atoms. The van der Waals surface area contributed by atoms with Crippen molar-refractivity contribution in [3.63, 3.8) is 0 Å². The predicted molar refractivity (Wildman–Crippen MR) is 68.4 cm³/mol. The molecular formula is C14H27NO. The van der Waals surface area contributed by atoms with Gasteiger partial charge in [-0.1, -0.05) is 32.6 Å². The standard InChI is InChI=1S/C14H27NO/c1-4-5-6-8-11-14(2,3)15-12-9-7-10-13(15)16/h4-12H2,1-3H3. The van der Waals surface area contributed by atoms with Gasteiger partial charge in [-0.05, 0) is 33.1 Å². The molecule has 94 valence electrons. The Hall–Kier alpha value is -0.530. The van der Waals surface area contributed by atoms with E-state index in [4.69, 9.17) is 0 Å². The number of likely N-dealkylation sites (tertiary alicyclic amines) is 1. The molecule has 0 atom stereocenters. The summed E-state index contributed by atoms with van der Waals surface area (Å²) in [6.07, 6.45) is 9.35. The van der Waals surface area contributed by atoms with Crippen molar-refractivity contribution < 1.29 is 4.79 Å². The summed E-state index contributed by atoms with van der Waals surface area (Å²) in [5.41, 5.74) is 0.0746. The van der Waals surface area contributed by atoms with Gasteiger partial charge in [0.1, 0.15) is 0 Å². The summed E-state index contributed by atoms with van der Waals surface area (Å²) in [5, 5.41) is 0. The second-order valence-corrected chi connectivity index (χ2v) is 5.63. The van der Waals surface area contributed by atoms with Gasteiger partial charge >= 0.3 is 0 Å². The Labute approximate surface area is 100 Å². The molecule has 0 N–H and O–H groups in total. The molecule has 0 spiro atoms. The Morgan fingerprint density at radius 1 is 1.19 bits per heavy atom. The van der Waals surface area contributed by atoms with E-state index in [-0.39, 0.29) is 5.54 Å². The highest BCUT2D eigenvalue weighted by Crippen LogP contribution is 2.26. The molecule has 0 radical (unpaired) electrons. The average Bonchev–Trinajstić information content (AvgIpc) is 2.25. The summed E-state index contributed by atoms with van der Waals surface area (Å²) in [5.74, 6) is 0.367. The SMILES string of the molecule is CCCCCCC(C)(C)N1CCCCC1=O. The van der Waals surface area contributed by atoms with Crippen molar-refractivity contribution in [3.05, 3.63) is 0 Å². The lowest BCUT2D eigenvalue weighted by molar-refractivity contribution is -0.139. The molecule has 1 rings (SSSR count). The van der Waals surface area contributed by atoms with Gasteiger partial charge < -0.3 is 4.90 Å². The van der Waals surface area contributed by atoms with Crippen molar-refractivity contribution in [2.75, 3.05) is 6.54 Å². The molecule has 1 aliphatic rings. The summed E-state index contributed by atoms with van der Waals surface area (Å²) < 4.78 is 0. The van der Waals surface area contributed by atoms with Crippen LogP contribution in [0.4, 0.5) is 0 Å². The smallest absolute Gasteiger partial charge is 0.223 e. The Morgan fingerprint density at radius 2 is 1.94 bits per heavy atom. The fraction of sp³-hybridized carbons (Fsp3) is 0.929. The largest absolute Gasteiger partial charge is 0.338 e. The second kappa shape index (κ2) is 6.27. The van der Waals surface area contributed by atoms with Gasteiger partial charge in [0.2, 0.25) is 5.91 Å². The van der Waals surface area contributed by atoms with E-state index in [0.29, 0.717) is 5.91 Å². The van der Waals surface area contributed by atoms with Gasteiger partial charge in [-0.25, -0.2) is 0 Å². The molecule has 1 saturated heterocycles. The Balaban J connectivity index is 2.38. The molecule has 2 heteroatoms. The molecule has 0 aliphatic carbocycles. The number of hydrogen-bond donors (Lipinski definition) is 0. The maximum Gasteiger partial charge on any atom is 0.223 e. The quantitative estimate of drug-likeness (QED) is 0.630. The van der Waals surface area contributed by atoms with Gasteiger partial charge in [0.15, 0.2) is 0 Å². The lowest BCUT2D eigenvalue weighted by Gasteiger charge is -2.41. The van der Waals surface area contributed by atoms with E-state index >= 15 is 0 Å². The number of piperidine rings is 1. The van der Waals surface area contributed by atoms with E-state index in [1.807, 2.05) is 0 Å². The van der Waals surface area contributed by atoms with E-state index in [2.05, 4.69) is 25.7 Å². The van der Waals surface area contributed by atoms with Crippen molar-refractivity contribution in [2.24, 2.45) is 0 Å². The lowest BCUT2D eigenvalue weighted by atomic mass is 9.92. The van der Waals surface area contributed by atoms with Crippen molar-refractivity contribution in [3.8, 4) is 0 Å². The first-order valence-electron chi connectivity index (χ1n) is 6.88. The van der Waals surface area contributed by atoms with E-state index in [0.717, 1.165) is 25.8 Å². The fourth-order valence-electron chi connectivity index (χ4n) is 2.57. The highest BCUT2D eigenvalue weighted by molar-refractivity contribution is 5.77. The predicted octanol–water partition coefficient (Wildman–Crippen LogP) is 3.75. The fourth-order valence-corrected chi connectivity index (χ4v) is 2.57. The average molecular weight is 225 g/mol. The van der Waals surface area contributed by atoms with Crippen molar-refractivity contribution in [2.45, 2.75) is 77.7 Å². The monoisotopic (exact) mass is 225 g/mol. The van der Waals surface area contributed by atoms with E-state index in [9.17, 15) is 4.79 Å². The minimum absolute atomic E-state index is 0.0746. The third-order valence-electron chi connectivity index (χ3n) is 3.70. The van der Waals surface area contributed by atoms with Gasteiger partial charge in [0, 0.05) is 18.5 Å². The van der Waals surface area contributed by atoms with Crippen LogP contribution in [-0.4, -0.2) is 22.9 Å². The topological polar surface area (TPSA) is 20.3 Å². The minimum atomic E-state index is 0.0746. The summed E-state index contributed by atoms with van der Waals surface area (Å²) in [4.78, 5) is 14.0. The van der Waals surface area contributed by atoms with Gasteiger partial charge in [-0.3, -0.25) is 4.79 Å². The number of amides is 1. The van der Waals surface area contributed by atoms with Crippen LogP contribution in [0.2, 0.25) is 0 Å². The molecular weight excluding hydrogens is 198 g/mol. The first-order valence-corrected chi connectivity index (χ1v) is 6.88. The molecule has 0 saturated carbocycles. The number of carbonyl (C=O) groups is 1. The molecule has 0 aromatic rings. The molecule has 0 aromatic heterocycles. The van der Waals surface area contributed by atoms with Crippen LogP contribution >= 0.6 is 0 Å². The maximum atomic E-state index is 11.9. The summed E-state index contributed by atoms with van der Waals surface area (Å²) in [6, 6.07) is 0. The first-order chi connectivity index (χ1) is 7.58. The lowest BCUT2D eigenvalue weighted by Crippen LogP contribution is -2.49. The van der Waals surface area contributed by atoms with Crippen LogP contribution in [0.15, 0.2) is 0 Å². The maximum absolute atomic E-state index is 11.9. The molecule has 1 heterocycles. The Morgan fingerprint density at radius 3 is 2.56 bits per heavy atom. The Bertz CT molecular complexity index is 223. The zero-order valence-corrected chi connectivity index (χ0v) is 11.2. The van der Waals surface area contributed by atoms with Crippen molar-refractivity contribution >= 4 is 5.91 Å². The second-order valence-electron chi connectivity index (χ2n) is 5.63. The van der Waals surface area contributed by atoms with Crippen LogP contribution in [0.25, 0.3) is 0 Å². The highest BCUT2D eigenvalue weighted by Gasteiger charge is 2.31. The number of hydrogen-bond acceptors (Lipinski definition) is 1. The van der Waals surface area contributed by atoms with Crippen LogP contribution in [0.5, 0.6) is 0 Å². The van der Waals surface area contributed by atoms with Gasteiger partial charge in [-0.15, -0.1) is 0 Å². The normalized spacial score (nSPS) is 17.9. The molecule has 0 aromatic carbocycles. The van der Waals surface area contributed by atoms with Crippen molar-refractivity contribution in [1.29, 1.82) is 0 Å². The summed E-state index contributed by atoms with van der Waals surface area (Å²) in [6.45, 7) is 7.66. The van der Waals surface area contributed by atoms with Crippen LogP contribution in [0.3, 0.4) is 0 Å². The number of carbonyl (C=O) groups excluding carboxylic acids is 1. The zero-order valence-electron chi connectivity index (χ0n) is 11.2. The molecule has 0 unspecified atom stereocenters. The van der Waals surface area contributed by atoms with Gasteiger partial charge in [0.05, 0.1) is 0 Å². The molecule has 1 fully saturated rings. The summed E-state index contributed by atoms with van der Waals surface area (Å²) >= 11 is 0. The molecule has 16 heavy (non-hydrogen) atoms. The van der Waals surface area contributed by atoms with Crippen LogP contribution in [0, 0.1) is 0 Å². The zero-order chi connectivity index (χ0) is 12.0. The third kappa shape index (κ3) is 3.80. The number of nitrogens with zero attached hydrogens (tertiary/aromatic N) is 1. The van der Waals surface area contributed by atoms with E-state index < -0.39 is 0 Å². The molecule has 1 aliphatic heterocycles. The third-order valence-corrected chi connectivity index (χ3v) is 3.70. The summed E-state index contributed by atoms with van der Waals surface area (Å²) in [7, 11) is 0. The minimum Gasteiger partial charge on any atom is -0.338 e. The van der Waals surface area contributed by atoms with Gasteiger partial charge in [-0.2, -0.15) is 0 Å². The van der Waals surface area contributed by atoms with Gasteiger partial charge in [0.25, 0.3) is 0 Å². The number of rotatable bonds is 6. The van der Waals surface area contributed by atoms with Crippen LogP contribution < -0.4 is 0 Å². The number of unbranched alkanes of at least 4 members (excludes halogenated alkanes) is 3. The van der Waals surface area contributed by atoms with E-state index in [1.54, 1.807) is 0 Å². The molecule has 2 nitrogen and oxygen atoms in total. The van der Waals surface area contributed by atoms with E-state index in [1.165, 1.54) is 32.1 Å².